The average Bonchev–Trinajstić information content (AvgIpc) is 3.14. The lowest BCUT2D eigenvalue weighted by Gasteiger charge is -2.22. The van der Waals surface area contributed by atoms with Gasteiger partial charge in [-0.05, 0) is 23.3 Å². The molecule has 1 aromatic heterocycles. The Hall–Kier alpha value is -3.40. The largest absolute Gasteiger partial charge is 0.390 e. The number of nitrogens with one attached hydrogen (secondary N) is 1. The molecular formula is C28H26N2O. The fourth-order valence-electron chi connectivity index (χ4n) is 4.45. The van der Waals surface area contributed by atoms with Crippen LogP contribution in [0.4, 0.5) is 0 Å². The first-order valence-corrected chi connectivity index (χ1v) is 10.8. The number of nitrogens with zero attached hydrogens (tertiary/aromatic N) is 1. The van der Waals surface area contributed by atoms with Crippen molar-refractivity contribution in [3.63, 3.8) is 0 Å². The first kappa shape index (κ1) is 19.6. The van der Waals surface area contributed by atoms with Crippen molar-refractivity contribution in [2.24, 2.45) is 0 Å². The summed E-state index contributed by atoms with van der Waals surface area (Å²) in [5, 5.41) is 17.0. The maximum Gasteiger partial charge on any atom is 0.0843 e. The Morgan fingerprint density at radius 3 is 1.58 bits per heavy atom. The van der Waals surface area contributed by atoms with Gasteiger partial charge in [-0.1, -0.05) is 97.1 Å². The summed E-state index contributed by atoms with van der Waals surface area (Å²) in [7, 11) is 0. The maximum atomic E-state index is 11.0. The Morgan fingerprint density at radius 2 is 1.06 bits per heavy atom. The van der Waals surface area contributed by atoms with Crippen molar-refractivity contribution < 1.29 is 5.11 Å². The molecule has 2 N–H and O–H groups in total. The van der Waals surface area contributed by atoms with Crippen molar-refractivity contribution in [3.8, 4) is 0 Å². The topological polar surface area (TPSA) is 37.2 Å². The van der Waals surface area contributed by atoms with Crippen molar-refractivity contribution in [3.05, 3.63) is 120 Å². The molecule has 0 saturated carbocycles. The summed E-state index contributed by atoms with van der Waals surface area (Å²) in [5.74, 6) is 0. The van der Waals surface area contributed by atoms with Crippen LogP contribution in [-0.2, 0) is 6.54 Å². The zero-order valence-corrected chi connectivity index (χ0v) is 17.4. The van der Waals surface area contributed by atoms with Crippen molar-refractivity contribution in [1.29, 1.82) is 0 Å². The van der Waals surface area contributed by atoms with E-state index in [1.807, 2.05) is 12.1 Å². The predicted molar refractivity (Wildman–Crippen MR) is 128 cm³/mol. The Balaban J connectivity index is 1.39. The second-order valence-corrected chi connectivity index (χ2v) is 7.96. The molecule has 0 saturated heterocycles. The number of aromatic nitrogens is 1. The molecular weight excluding hydrogens is 380 g/mol. The molecule has 0 spiro atoms. The molecule has 5 rings (SSSR count). The number of fused-ring (bicyclic) bond motifs is 3. The number of aliphatic hydroxyl groups is 1. The third-order valence-electron chi connectivity index (χ3n) is 5.90. The first-order chi connectivity index (χ1) is 15.3. The van der Waals surface area contributed by atoms with Gasteiger partial charge in [0, 0.05) is 28.4 Å². The van der Waals surface area contributed by atoms with Gasteiger partial charge in [-0.3, -0.25) is 0 Å². The molecule has 1 unspecified atom stereocenters. The molecule has 0 aliphatic rings. The maximum absolute atomic E-state index is 11.0. The van der Waals surface area contributed by atoms with Crippen LogP contribution in [0.5, 0.6) is 0 Å². The van der Waals surface area contributed by atoms with Crippen LogP contribution >= 0.6 is 0 Å². The zero-order valence-electron chi connectivity index (χ0n) is 17.4. The van der Waals surface area contributed by atoms with Gasteiger partial charge in [-0.2, -0.15) is 0 Å². The lowest BCUT2D eigenvalue weighted by atomic mass is 9.98. The van der Waals surface area contributed by atoms with Crippen LogP contribution in [0.25, 0.3) is 21.8 Å². The highest BCUT2D eigenvalue weighted by Crippen LogP contribution is 2.29. The third kappa shape index (κ3) is 3.98. The van der Waals surface area contributed by atoms with E-state index in [0.29, 0.717) is 13.1 Å². The Labute approximate surface area is 182 Å². The second-order valence-electron chi connectivity index (χ2n) is 7.96. The molecule has 0 bridgehead atoms. The summed E-state index contributed by atoms with van der Waals surface area (Å²) in [6.07, 6.45) is -0.519. The molecule has 1 atom stereocenters. The predicted octanol–water partition coefficient (Wildman–Crippen LogP) is 5.53. The van der Waals surface area contributed by atoms with Gasteiger partial charge in [0.1, 0.15) is 0 Å². The fraction of sp³-hybridized carbons (Fsp3) is 0.143. The minimum atomic E-state index is -0.519. The van der Waals surface area contributed by atoms with E-state index in [-0.39, 0.29) is 6.04 Å². The highest BCUT2D eigenvalue weighted by molar-refractivity contribution is 6.07. The minimum absolute atomic E-state index is 0.0372. The Kier molecular flexibility index (Phi) is 5.53. The standard InChI is InChI=1S/C28H26N2O/c31-23(19-29-28(21-11-3-1-4-12-21)22-13-5-2-6-14-22)20-30-26-17-9-7-15-24(26)25-16-8-10-18-27(25)30/h1-18,23,28-29,31H,19-20H2. The molecule has 0 fully saturated rings. The van der Waals surface area contributed by atoms with Crippen molar-refractivity contribution in [2.45, 2.75) is 18.7 Å². The van der Waals surface area contributed by atoms with Gasteiger partial charge >= 0.3 is 0 Å². The van der Waals surface area contributed by atoms with Crippen molar-refractivity contribution in [2.75, 3.05) is 6.54 Å². The molecule has 0 aliphatic carbocycles. The Bertz CT molecular complexity index is 1190. The summed E-state index contributed by atoms with van der Waals surface area (Å²) in [5.41, 5.74) is 4.70. The van der Waals surface area contributed by atoms with E-state index in [0.717, 1.165) is 11.0 Å². The summed E-state index contributed by atoms with van der Waals surface area (Å²) in [6.45, 7) is 1.03. The number of benzene rings is 4. The van der Waals surface area contributed by atoms with Crippen LogP contribution in [-0.4, -0.2) is 22.3 Å². The van der Waals surface area contributed by atoms with Crippen LogP contribution in [0.3, 0.4) is 0 Å². The van der Waals surface area contributed by atoms with E-state index in [4.69, 9.17) is 0 Å². The van der Waals surface area contributed by atoms with Crippen LogP contribution < -0.4 is 5.32 Å². The van der Waals surface area contributed by atoms with E-state index in [2.05, 4.69) is 107 Å². The van der Waals surface area contributed by atoms with Gasteiger partial charge in [-0.15, -0.1) is 0 Å². The van der Waals surface area contributed by atoms with Gasteiger partial charge in [0.05, 0.1) is 18.7 Å². The zero-order chi connectivity index (χ0) is 21.0. The van der Waals surface area contributed by atoms with Crippen LogP contribution in [0.15, 0.2) is 109 Å². The normalized spacial score (nSPS) is 12.6. The molecule has 1 heterocycles. The summed E-state index contributed by atoms with van der Waals surface area (Å²) in [4.78, 5) is 0. The molecule has 3 heteroatoms. The molecule has 0 amide bonds. The molecule has 5 aromatic rings. The minimum Gasteiger partial charge on any atom is -0.390 e. The van der Waals surface area contributed by atoms with Gasteiger partial charge in [-0.25, -0.2) is 0 Å². The highest BCUT2D eigenvalue weighted by Gasteiger charge is 2.17. The first-order valence-electron chi connectivity index (χ1n) is 10.8. The lowest BCUT2D eigenvalue weighted by molar-refractivity contribution is 0.152. The van der Waals surface area contributed by atoms with Crippen molar-refractivity contribution in [1.82, 2.24) is 9.88 Å². The molecule has 31 heavy (non-hydrogen) atoms. The fourth-order valence-corrected chi connectivity index (χ4v) is 4.45. The summed E-state index contributed by atoms with van der Waals surface area (Å²) >= 11 is 0. The van der Waals surface area contributed by atoms with Crippen LogP contribution in [0.2, 0.25) is 0 Å². The van der Waals surface area contributed by atoms with E-state index >= 15 is 0 Å². The molecule has 154 valence electrons. The number of rotatable bonds is 7. The van der Waals surface area contributed by atoms with Gasteiger partial charge < -0.3 is 15.0 Å². The quantitative estimate of drug-likeness (QED) is 0.373. The number of para-hydroxylation sites is 2. The van der Waals surface area contributed by atoms with Gasteiger partial charge in [0.25, 0.3) is 0 Å². The number of aliphatic hydroxyl groups excluding tert-OH is 1. The smallest absolute Gasteiger partial charge is 0.0843 e. The number of hydrogen-bond acceptors (Lipinski definition) is 2. The molecule has 0 aliphatic heterocycles. The van der Waals surface area contributed by atoms with Crippen molar-refractivity contribution >= 4 is 21.8 Å². The lowest BCUT2D eigenvalue weighted by Crippen LogP contribution is -2.33. The SMILES string of the molecule is OC(CNC(c1ccccc1)c1ccccc1)Cn1c2ccccc2c2ccccc21. The van der Waals surface area contributed by atoms with Crippen LogP contribution in [0.1, 0.15) is 17.2 Å². The Morgan fingerprint density at radius 1 is 0.613 bits per heavy atom. The molecule has 4 aromatic carbocycles. The van der Waals surface area contributed by atoms with E-state index in [9.17, 15) is 5.11 Å². The number of hydrogen-bond donors (Lipinski definition) is 2. The monoisotopic (exact) mass is 406 g/mol. The third-order valence-corrected chi connectivity index (χ3v) is 5.90. The summed E-state index contributed by atoms with van der Waals surface area (Å²) < 4.78 is 2.23. The molecule has 0 radical (unpaired) electrons. The molecule has 3 nitrogen and oxygen atoms in total. The highest BCUT2D eigenvalue weighted by atomic mass is 16.3. The average molecular weight is 407 g/mol. The van der Waals surface area contributed by atoms with Crippen LogP contribution in [0, 0.1) is 0 Å². The van der Waals surface area contributed by atoms with E-state index in [1.54, 1.807) is 0 Å². The van der Waals surface area contributed by atoms with E-state index in [1.165, 1.54) is 21.9 Å². The van der Waals surface area contributed by atoms with Gasteiger partial charge in [0.15, 0.2) is 0 Å². The second kappa shape index (κ2) is 8.76. The summed E-state index contributed by atoms with van der Waals surface area (Å²) in [6, 6.07) is 37.7. The van der Waals surface area contributed by atoms with Gasteiger partial charge in [0.2, 0.25) is 0 Å². The van der Waals surface area contributed by atoms with E-state index < -0.39 is 6.10 Å².